The Bertz CT molecular complexity index is 548. The highest BCUT2D eigenvalue weighted by molar-refractivity contribution is 6.74. The van der Waals surface area contributed by atoms with Crippen molar-refractivity contribution in [1.29, 1.82) is 0 Å². The quantitative estimate of drug-likeness (QED) is 0.842. The first-order chi connectivity index (χ1) is 10.1. The van der Waals surface area contributed by atoms with Gasteiger partial charge in [0, 0.05) is 6.42 Å². The number of aryl methyl sites for hydroxylation is 1. The van der Waals surface area contributed by atoms with E-state index in [9.17, 15) is 4.79 Å². The van der Waals surface area contributed by atoms with Crippen LogP contribution in [0.3, 0.4) is 0 Å². The lowest BCUT2D eigenvalue weighted by Gasteiger charge is -2.43. The van der Waals surface area contributed by atoms with E-state index in [1.807, 2.05) is 0 Å². The first-order valence-electron chi connectivity index (χ1n) is 8.14. The molecule has 1 heterocycles. The van der Waals surface area contributed by atoms with E-state index in [1.54, 1.807) is 0 Å². The number of hydrogen-bond donors (Lipinski definition) is 1. The third-order valence-electron chi connectivity index (χ3n) is 5.00. The minimum atomic E-state index is -1.85. The Morgan fingerprint density at radius 3 is 2.55 bits per heavy atom. The minimum Gasteiger partial charge on any atom is -0.411 e. The van der Waals surface area contributed by atoms with E-state index in [4.69, 9.17) is 4.43 Å². The molecule has 1 fully saturated rings. The van der Waals surface area contributed by atoms with E-state index in [-0.39, 0.29) is 23.1 Å². The van der Waals surface area contributed by atoms with Gasteiger partial charge in [0.1, 0.15) is 0 Å². The Morgan fingerprint density at radius 2 is 1.95 bits per heavy atom. The SMILES string of the molecule is Cc1cccc([C@H]2NC(=O)CC[C@@H]2O[Si](C)(C)C(C)(C)C)c1. The fourth-order valence-electron chi connectivity index (χ4n) is 2.62. The summed E-state index contributed by atoms with van der Waals surface area (Å²) in [5, 5.41) is 3.31. The van der Waals surface area contributed by atoms with E-state index in [0.29, 0.717) is 6.42 Å². The maximum atomic E-state index is 11.9. The standard InChI is InChI=1S/C18H29NO2Si/c1-13-8-7-9-14(12-13)17-15(10-11-16(20)19-17)21-22(5,6)18(2,3)4/h7-9,12,15,17H,10-11H2,1-6H3,(H,19,20)/t15-,17+/m0/s1. The van der Waals surface area contributed by atoms with Crippen LogP contribution >= 0.6 is 0 Å². The van der Waals surface area contributed by atoms with E-state index in [2.05, 4.69) is 70.4 Å². The molecule has 4 heteroatoms. The van der Waals surface area contributed by atoms with Crippen molar-refractivity contribution in [2.75, 3.05) is 0 Å². The zero-order valence-electron chi connectivity index (χ0n) is 14.7. The Labute approximate surface area is 135 Å². The maximum absolute atomic E-state index is 11.9. The molecule has 0 radical (unpaired) electrons. The van der Waals surface area contributed by atoms with Crippen LogP contribution in [-0.2, 0) is 9.22 Å². The van der Waals surface area contributed by atoms with Crippen LogP contribution in [0.25, 0.3) is 0 Å². The van der Waals surface area contributed by atoms with E-state index >= 15 is 0 Å². The van der Waals surface area contributed by atoms with Crippen LogP contribution in [0.2, 0.25) is 18.1 Å². The summed E-state index contributed by atoms with van der Waals surface area (Å²) in [4.78, 5) is 11.9. The van der Waals surface area contributed by atoms with Crippen LogP contribution in [0, 0.1) is 6.92 Å². The number of benzene rings is 1. The van der Waals surface area contributed by atoms with Crippen molar-refractivity contribution in [3.8, 4) is 0 Å². The molecular formula is C18H29NO2Si. The third kappa shape index (κ3) is 3.79. The lowest BCUT2D eigenvalue weighted by atomic mass is 9.93. The first kappa shape index (κ1) is 17.2. The minimum absolute atomic E-state index is 0.0322. The van der Waals surface area contributed by atoms with Crippen LogP contribution in [-0.4, -0.2) is 20.3 Å². The van der Waals surface area contributed by atoms with Crippen molar-refractivity contribution in [2.45, 2.75) is 70.8 Å². The summed E-state index contributed by atoms with van der Waals surface area (Å²) in [6.45, 7) is 13.4. The Kier molecular flexibility index (Phi) is 4.83. The van der Waals surface area contributed by atoms with Gasteiger partial charge in [-0.25, -0.2) is 0 Å². The largest absolute Gasteiger partial charge is 0.411 e. The normalized spacial score (nSPS) is 23.3. The number of rotatable bonds is 3. The Morgan fingerprint density at radius 1 is 1.27 bits per heavy atom. The number of nitrogens with one attached hydrogen (secondary N) is 1. The lowest BCUT2D eigenvalue weighted by Crippen LogP contribution is -2.50. The van der Waals surface area contributed by atoms with E-state index in [1.165, 1.54) is 5.56 Å². The Balaban J connectivity index is 2.26. The van der Waals surface area contributed by atoms with Crippen LogP contribution in [0.5, 0.6) is 0 Å². The highest BCUT2D eigenvalue weighted by atomic mass is 28.4. The smallest absolute Gasteiger partial charge is 0.220 e. The van der Waals surface area contributed by atoms with Gasteiger partial charge in [-0.3, -0.25) is 4.79 Å². The van der Waals surface area contributed by atoms with Gasteiger partial charge in [-0.15, -0.1) is 0 Å². The molecule has 1 aromatic rings. The zero-order valence-corrected chi connectivity index (χ0v) is 15.7. The number of amides is 1. The van der Waals surface area contributed by atoms with Gasteiger partial charge in [0.25, 0.3) is 0 Å². The van der Waals surface area contributed by atoms with Gasteiger partial charge in [-0.2, -0.15) is 0 Å². The second-order valence-corrected chi connectivity index (χ2v) is 12.7. The summed E-state index contributed by atoms with van der Waals surface area (Å²) in [6, 6.07) is 8.34. The molecule has 1 saturated heterocycles. The molecule has 0 aliphatic carbocycles. The highest BCUT2D eigenvalue weighted by Crippen LogP contribution is 2.40. The van der Waals surface area contributed by atoms with Crippen LogP contribution < -0.4 is 5.32 Å². The second kappa shape index (κ2) is 6.17. The van der Waals surface area contributed by atoms with Crippen LogP contribution in [0.1, 0.15) is 50.8 Å². The number of hydrogen-bond acceptors (Lipinski definition) is 2. The van der Waals surface area contributed by atoms with Gasteiger partial charge < -0.3 is 9.74 Å². The van der Waals surface area contributed by atoms with Crippen molar-refractivity contribution in [1.82, 2.24) is 5.32 Å². The number of carbonyl (C=O) groups excluding carboxylic acids is 1. The summed E-state index contributed by atoms with van der Waals surface area (Å²) in [5.41, 5.74) is 2.36. The molecule has 1 aliphatic heterocycles. The fraction of sp³-hybridized carbons (Fsp3) is 0.611. The molecule has 122 valence electrons. The zero-order chi connectivity index (χ0) is 16.5. The lowest BCUT2D eigenvalue weighted by molar-refractivity contribution is -0.125. The van der Waals surface area contributed by atoms with E-state index in [0.717, 1.165) is 12.0 Å². The van der Waals surface area contributed by atoms with Gasteiger partial charge in [0.15, 0.2) is 8.32 Å². The van der Waals surface area contributed by atoms with Crippen molar-refractivity contribution < 1.29 is 9.22 Å². The Hall–Kier alpha value is -1.13. The van der Waals surface area contributed by atoms with Gasteiger partial charge in [0.05, 0.1) is 12.1 Å². The van der Waals surface area contributed by atoms with Gasteiger partial charge in [0.2, 0.25) is 5.91 Å². The molecule has 2 rings (SSSR count). The van der Waals surface area contributed by atoms with Crippen LogP contribution in [0.4, 0.5) is 0 Å². The molecule has 1 N–H and O–H groups in total. The fourth-order valence-corrected chi connectivity index (χ4v) is 3.99. The summed E-state index contributed by atoms with van der Waals surface area (Å²) in [5.74, 6) is 0.126. The van der Waals surface area contributed by atoms with Gasteiger partial charge >= 0.3 is 0 Å². The predicted molar refractivity (Wildman–Crippen MR) is 93.4 cm³/mol. The molecule has 1 amide bonds. The monoisotopic (exact) mass is 319 g/mol. The maximum Gasteiger partial charge on any atom is 0.220 e. The summed E-state index contributed by atoms with van der Waals surface area (Å²) in [6.07, 6.45) is 1.43. The predicted octanol–water partition coefficient (Wildman–Crippen LogP) is 4.34. The molecule has 3 nitrogen and oxygen atoms in total. The number of piperidine rings is 1. The molecule has 2 atom stereocenters. The summed E-state index contributed by atoms with van der Waals surface area (Å²) in [7, 11) is -1.85. The molecule has 0 spiro atoms. The molecule has 0 bridgehead atoms. The van der Waals surface area contributed by atoms with Gasteiger partial charge in [-0.05, 0) is 37.0 Å². The first-order valence-corrected chi connectivity index (χ1v) is 11.0. The molecule has 0 saturated carbocycles. The molecule has 1 aliphatic rings. The van der Waals surface area contributed by atoms with Crippen molar-refractivity contribution in [2.24, 2.45) is 0 Å². The third-order valence-corrected chi connectivity index (χ3v) is 9.50. The van der Waals surface area contributed by atoms with Crippen molar-refractivity contribution in [3.63, 3.8) is 0 Å². The van der Waals surface area contributed by atoms with Gasteiger partial charge in [-0.1, -0.05) is 50.6 Å². The molecule has 1 aromatic carbocycles. The number of carbonyl (C=O) groups is 1. The molecule has 0 unspecified atom stereocenters. The molecule has 22 heavy (non-hydrogen) atoms. The van der Waals surface area contributed by atoms with E-state index < -0.39 is 8.32 Å². The van der Waals surface area contributed by atoms with Crippen molar-refractivity contribution >= 4 is 14.2 Å². The average Bonchev–Trinajstić information content (AvgIpc) is 2.39. The topological polar surface area (TPSA) is 38.3 Å². The summed E-state index contributed by atoms with van der Waals surface area (Å²) >= 11 is 0. The average molecular weight is 320 g/mol. The molecule has 0 aromatic heterocycles. The van der Waals surface area contributed by atoms with Crippen LogP contribution in [0.15, 0.2) is 24.3 Å². The summed E-state index contributed by atoms with van der Waals surface area (Å²) < 4.78 is 6.62. The molecular weight excluding hydrogens is 290 g/mol. The second-order valence-electron chi connectivity index (χ2n) is 7.91. The highest BCUT2D eigenvalue weighted by Gasteiger charge is 2.42. The van der Waals surface area contributed by atoms with Crippen molar-refractivity contribution in [3.05, 3.63) is 35.4 Å².